The number of aromatic nitrogens is 2. The van der Waals surface area contributed by atoms with Gasteiger partial charge >= 0.3 is 5.97 Å². The lowest BCUT2D eigenvalue weighted by Crippen LogP contribution is -2.34. The number of aryl methyl sites for hydroxylation is 1. The summed E-state index contributed by atoms with van der Waals surface area (Å²) in [6, 6.07) is 17.4. The molecule has 1 atom stereocenters. The smallest absolute Gasteiger partial charge is 0.336 e. The van der Waals surface area contributed by atoms with Gasteiger partial charge in [-0.3, -0.25) is 4.90 Å². The van der Waals surface area contributed by atoms with E-state index in [4.69, 9.17) is 0 Å². The maximum atomic E-state index is 11.5. The molecule has 0 radical (unpaired) electrons. The molecule has 5 nitrogen and oxygen atoms in total. The fourth-order valence-electron chi connectivity index (χ4n) is 4.11. The van der Waals surface area contributed by atoms with Gasteiger partial charge in [0.1, 0.15) is 5.82 Å². The first-order valence-corrected chi connectivity index (χ1v) is 10.0. The van der Waals surface area contributed by atoms with Crippen LogP contribution in [0.1, 0.15) is 46.2 Å². The minimum absolute atomic E-state index is 0.333. The standard InChI is InChI=1S/C24H25N3O2/c1-17-25-13-12-23(26-17)20-5-4-14-27(16-20)15-18-8-10-19(11-9-18)21-6-2-3-7-22(21)24(28)29/h2-3,6-13,20H,4-5,14-16H2,1H3,(H,28,29)/t20-/m1/s1. The van der Waals surface area contributed by atoms with Crippen LogP contribution in [0.15, 0.2) is 60.8 Å². The van der Waals surface area contributed by atoms with Crippen LogP contribution in [0.5, 0.6) is 0 Å². The second-order valence-electron chi connectivity index (χ2n) is 7.65. The van der Waals surface area contributed by atoms with Crippen molar-refractivity contribution in [2.75, 3.05) is 13.1 Å². The highest BCUT2D eigenvalue weighted by Crippen LogP contribution is 2.28. The van der Waals surface area contributed by atoms with E-state index in [9.17, 15) is 9.90 Å². The van der Waals surface area contributed by atoms with Gasteiger partial charge in [0, 0.05) is 30.9 Å². The second-order valence-corrected chi connectivity index (χ2v) is 7.65. The molecule has 1 fully saturated rings. The average Bonchev–Trinajstić information content (AvgIpc) is 2.74. The van der Waals surface area contributed by atoms with E-state index in [-0.39, 0.29) is 0 Å². The summed E-state index contributed by atoms with van der Waals surface area (Å²) in [6.07, 6.45) is 4.18. The number of carboxylic acid groups (broad SMARTS) is 1. The average molecular weight is 387 g/mol. The highest BCUT2D eigenvalue weighted by molar-refractivity contribution is 5.95. The van der Waals surface area contributed by atoms with Gasteiger partial charge in [0.15, 0.2) is 0 Å². The van der Waals surface area contributed by atoms with E-state index < -0.39 is 5.97 Å². The summed E-state index contributed by atoms with van der Waals surface area (Å²) in [7, 11) is 0. The third-order valence-corrected chi connectivity index (χ3v) is 5.55. The molecule has 0 aliphatic carbocycles. The van der Waals surface area contributed by atoms with Gasteiger partial charge in [-0.1, -0.05) is 42.5 Å². The molecule has 1 N–H and O–H groups in total. The van der Waals surface area contributed by atoms with E-state index in [0.717, 1.165) is 55.1 Å². The van der Waals surface area contributed by atoms with Crippen LogP contribution in [0, 0.1) is 6.92 Å². The predicted molar refractivity (Wildman–Crippen MR) is 113 cm³/mol. The van der Waals surface area contributed by atoms with E-state index in [1.165, 1.54) is 5.56 Å². The summed E-state index contributed by atoms with van der Waals surface area (Å²) >= 11 is 0. The predicted octanol–water partition coefficient (Wildman–Crippen LogP) is 4.53. The molecule has 1 aliphatic rings. The number of piperidine rings is 1. The van der Waals surface area contributed by atoms with Crippen LogP contribution in [-0.4, -0.2) is 39.0 Å². The Hall–Kier alpha value is -3.05. The van der Waals surface area contributed by atoms with Crippen molar-refractivity contribution in [2.45, 2.75) is 32.2 Å². The van der Waals surface area contributed by atoms with E-state index in [0.29, 0.717) is 11.5 Å². The number of carboxylic acids is 1. The van der Waals surface area contributed by atoms with Crippen LogP contribution in [-0.2, 0) is 6.54 Å². The van der Waals surface area contributed by atoms with Crippen molar-refractivity contribution in [3.05, 3.63) is 83.4 Å². The molecule has 4 rings (SSSR count). The Balaban J connectivity index is 1.46. The van der Waals surface area contributed by atoms with Crippen LogP contribution in [0.3, 0.4) is 0 Å². The summed E-state index contributed by atoms with van der Waals surface area (Å²) in [5.74, 6) is 0.382. The molecule has 2 heterocycles. The summed E-state index contributed by atoms with van der Waals surface area (Å²) in [5.41, 5.74) is 4.40. The third-order valence-electron chi connectivity index (χ3n) is 5.55. The van der Waals surface area contributed by atoms with Crippen molar-refractivity contribution in [2.24, 2.45) is 0 Å². The lowest BCUT2D eigenvalue weighted by Gasteiger charge is -2.32. The van der Waals surface area contributed by atoms with Gasteiger partial charge in [-0.25, -0.2) is 14.8 Å². The van der Waals surface area contributed by atoms with E-state index in [1.807, 2.05) is 43.5 Å². The Morgan fingerprint density at radius 3 is 2.69 bits per heavy atom. The molecule has 29 heavy (non-hydrogen) atoms. The molecule has 0 bridgehead atoms. The zero-order valence-corrected chi connectivity index (χ0v) is 16.6. The van der Waals surface area contributed by atoms with Gasteiger partial charge in [0.25, 0.3) is 0 Å². The first kappa shape index (κ1) is 19.3. The molecule has 0 unspecified atom stereocenters. The van der Waals surface area contributed by atoms with Gasteiger partial charge in [-0.15, -0.1) is 0 Å². The highest BCUT2D eigenvalue weighted by atomic mass is 16.4. The van der Waals surface area contributed by atoms with Gasteiger partial charge in [-0.2, -0.15) is 0 Å². The normalized spacial score (nSPS) is 17.2. The van der Waals surface area contributed by atoms with Gasteiger partial charge in [0.05, 0.1) is 5.56 Å². The molecule has 148 valence electrons. The topological polar surface area (TPSA) is 66.3 Å². The number of benzene rings is 2. The molecule has 0 saturated carbocycles. The molecular weight excluding hydrogens is 362 g/mol. The number of hydrogen-bond acceptors (Lipinski definition) is 4. The minimum Gasteiger partial charge on any atom is -0.478 e. The number of nitrogens with zero attached hydrogens (tertiary/aromatic N) is 3. The molecule has 3 aromatic rings. The number of rotatable bonds is 5. The Morgan fingerprint density at radius 1 is 1.14 bits per heavy atom. The van der Waals surface area contributed by atoms with Crippen molar-refractivity contribution in [3.63, 3.8) is 0 Å². The highest BCUT2D eigenvalue weighted by Gasteiger charge is 2.22. The zero-order chi connectivity index (χ0) is 20.2. The maximum absolute atomic E-state index is 11.5. The molecule has 1 aliphatic heterocycles. The fraction of sp³-hybridized carbons (Fsp3) is 0.292. The van der Waals surface area contributed by atoms with Crippen LogP contribution < -0.4 is 0 Å². The fourth-order valence-corrected chi connectivity index (χ4v) is 4.11. The quantitative estimate of drug-likeness (QED) is 0.697. The van der Waals surface area contributed by atoms with Crippen molar-refractivity contribution < 1.29 is 9.90 Å². The van der Waals surface area contributed by atoms with Crippen molar-refractivity contribution >= 4 is 5.97 Å². The Labute approximate surface area is 171 Å². The van der Waals surface area contributed by atoms with Gasteiger partial charge < -0.3 is 5.11 Å². The largest absolute Gasteiger partial charge is 0.478 e. The Kier molecular flexibility index (Phi) is 5.67. The monoisotopic (exact) mass is 387 g/mol. The van der Waals surface area contributed by atoms with Crippen LogP contribution in [0.2, 0.25) is 0 Å². The Morgan fingerprint density at radius 2 is 1.93 bits per heavy atom. The molecule has 0 spiro atoms. The maximum Gasteiger partial charge on any atom is 0.336 e. The van der Waals surface area contributed by atoms with Gasteiger partial charge in [0.2, 0.25) is 0 Å². The molecule has 0 amide bonds. The van der Waals surface area contributed by atoms with E-state index in [1.54, 1.807) is 12.1 Å². The van der Waals surface area contributed by atoms with Crippen LogP contribution in [0.25, 0.3) is 11.1 Å². The molecule has 1 aromatic heterocycles. The second kappa shape index (κ2) is 8.53. The first-order chi connectivity index (χ1) is 14.1. The lowest BCUT2D eigenvalue weighted by atomic mass is 9.94. The van der Waals surface area contributed by atoms with Crippen LogP contribution >= 0.6 is 0 Å². The van der Waals surface area contributed by atoms with E-state index in [2.05, 4.69) is 27.0 Å². The van der Waals surface area contributed by atoms with Crippen molar-refractivity contribution in [1.29, 1.82) is 0 Å². The van der Waals surface area contributed by atoms with Crippen molar-refractivity contribution in [1.82, 2.24) is 14.9 Å². The SMILES string of the molecule is Cc1nccc([C@@H]2CCCN(Cc3ccc(-c4ccccc4C(=O)O)cc3)C2)n1. The minimum atomic E-state index is -0.899. The third kappa shape index (κ3) is 4.51. The summed E-state index contributed by atoms with van der Waals surface area (Å²) in [6.45, 7) is 4.92. The lowest BCUT2D eigenvalue weighted by molar-refractivity contribution is 0.0697. The van der Waals surface area contributed by atoms with Crippen LogP contribution in [0.4, 0.5) is 0 Å². The van der Waals surface area contributed by atoms with Gasteiger partial charge in [-0.05, 0) is 55.1 Å². The molecule has 2 aromatic carbocycles. The van der Waals surface area contributed by atoms with E-state index >= 15 is 0 Å². The number of hydrogen-bond donors (Lipinski definition) is 1. The van der Waals surface area contributed by atoms with Crippen molar-refractivity contribution in [3.8, 4) is 11.1 Å². The molecule has 5 heteroatoms. The first-order valence-electron chi connectivity index (χ1n) is 10.0. The molecular formula is C24H25N3O2. The number of likely N-dealkylation sites (tertiary alicyclic amines) is 1. The zero-order valence-electron chi connectivity index (χ0n) is 16.6. The summed E-state index contributed by atoms with van der Waals surface area (Å²) < 4.78 is 0. The summed E-state index contributed by atoms with van der Waals surface area (Å²) in [5, 5.41) is 9.42. The number of carbonyl (C=O) groups is 1. The summed E-state index contributed by atoms with van der Waals surface area (Å²) in [4.78, 5) is 22.8. The number of aromatic carboxylic acids is 1. The Bertz CT molecular complexity index is 1000. The molecule has 1 saturated heterocycles.